The molecule has 12 heavy (non-hydrogen) atoms. The molecule has 0 aromatic heterocycles. The van der Waals surface area contributed by atoms with Crippen molar-refractivity contribution in [2.75, 3.05) is 7.05 Å². The molecule has 1 aromatic rings. The topological polar surface area (TPSA) is 26.0 Å². The number of hydrogen-bond acceptors (Lipinski definition) is 1. The first-order chi connectivity index (χ1) is 5.61. The molecule has 1 aromatic carbocycles. The fourth-order valence-electron chi connectivity index (χ4n) is 0.983. The molecule has 0 unspecified atom stereocenters. The van der Waals surface area contributed by atoms with Gasteiger partial charge >= 0.3 is 0 Å². The van der Waals surface area contributed by atoms with Crippen molar-refractivity contribution in [3.63, 3.8) is 0 Å². The van der Waals surface area contributed by atoms with Crippen LogP contribution in [0.4, 0.5) is 0 Å². The third-order valence-corrected chi connectivity index (χ3v) is 1.88. The standard InChI is InChI=1S/C9H11B.CH5N/c1-6-4-8(3)9(10)5-7(6)2;1-2/h4-5H,1-3H3;2H2,1H3. The van der Waals surface area contributed by atoms with E-state index in [0.29, 0.717) is 0 Å². The highest BCUT2D eigenvalue weighted by molar-refractivity contribution is 6.33. The third kappa shape index (κ3) is 2.70. The van der Waals surface area contributed by atoms with E-state index in [4.69, 9.17) is 7.85 Å². The lowest BCUT2D eigenvalue weighted by atomic mass is 9.88. The van der Waals surface area contributed by atoms with Crippen LogP contribution in [-0.2, 0) is 0 Å². The van der Waals surface area contributed by atoms with Crippen LogP contribution in [0.3, 0.4) is 0 Å². The lowest BCUT2D eigenvalue weighted by molar-refractivity contribution is 1.32. The number of aryl methyl sites for hydroxylation is 3. The molecule has 0 aliphatic heterocycles. The summed E-state index contributed by atoms with van der Waals surface area (Å²) in [6.07, 6.45) is 0. The van der Waals surface area contributed by atoms with Crippen molar-refractivity contribution in [2.45, 2.75) is 20.8 Å². The second-order valence-corrected chi connectivity index (χ2v) is 2.79. The van der Waals surface area contributed by atoms with Gasteiger partial charge in [-0.05, 0) is 38.9 Å². The van der Waals surface area contributed by atoms with Gasteiger partial charge in [0.2, 0.25) is 0 Å². The van der Waals surface area contributed by atoms with Crippen LogP contribution >= 0.6 is 0 Å². The van der Waals surface area contributed by atoms with Gasteiger partial charge in [0.25, 0.3) is 0 Å². The maximum absolute atomic E-state index is 5.69. The smallest absolute Gasteiger partial charge is 0.114 e. The van der Waals surface area contributed by atoms with Crippen molar-refractivity contribution in [2.24, 2.45) is 5.73 Å². The van der Waals surface area contributed by atoms with Crippen LogP contribution in [0, 0.1) is 20.8 Å². The molecule has 0 spiro atoms. The maximum atomic E-state index is 5.69. The van der Waals surface area contributed by atoms with Crippen LogP contribution in [0.2, 0.25) is 0 Å². The molecule has 0 saturated carbocycles. The van der Waals surface area contributed by atoms with Crippen molar-refractivity contribution in [3.8, 4) is 0 Å². The van der Waals surface area contributed by atoms with Crippen LogP contribution in [0.5, 0.6) is 0 Å². The molecule has 2 N–H and O–H groups in total. The summed E-state index contributed by atoms with van der Waals surface area (Å²) in [4.78, 5) is 0. The third-order valence-electron chi connectivity index (χ3n) is 1.88. The summed E-state index contributed by atoms with van der Waals surface area (Å²) in [6.45, 7) is 6.20. The van der Waals surface area contributed by atoms with E-state index in [9.17, 15) is 0 Å². The fourth-order valence-corrected chi connectivity index (χ4v) is 0.983. The van der Waals surface area contributed by atoms with Gasteiger partial charge < -0.3 is 5.73 Å². The van der Waals surface area contributed by atoms with Gasteiger partial charge in [-0.2, -0.15) is 0 Å². The first-order valence-corrected chi connectivity index (χ1v) is 4.02. The van der Waals surface area contributed by atoms with Crippen molar-refractivity contribution >= 4 is 13.3 Å². The molecule has 2 heteroatoms. The van der Waals surface area contributed by atoms with Crippen LogP contribution < -0.4 is 11.2 Å². The SMILES string of the molecule is CN.[B]c1cc(C)c(C)cc1C. The van der Waals surface area contributed by atoms with Crippen LogP contribution in [0.1, 0.15) is 16.7 Å². The largest absolute Gasteiger partial charge is 0.333 e. The van der Waals surface area contributed by atoms with Gasteiger partial charge in [-0.15, -0.1) is 0 Å². The lowest BCUT2D eigenvalue weighted by Crippen LogP contribution is -2.07. The molecule has 0 aliphatic carbocycles. The summed E-state index contributed by atoms with van der Waals surface area (Å²) < 4.78 is 0. The van der Waals surface area contributed by atoms with E-state index in [-0.39, 0.29) is 0 Å². The van der Waals surface area contributed by atoms with Crippen molar-refractivity contribution in [1.29, 1.82) is 0 Å². The molecule has 0 atom stereocenters. The molecule has 64 valence electrons. The van der Waals surface area contributed by atoms with Gasteiger partial charge in [0.05, 0.1) is 0 Å². The summed E-state index contributed by atoms with van der Waals surface area (Å²) in [5, 5.41) is 0. The van der Waals surface area contributed by atoms with Crippen molar-refractivity contribution < 1.29 is 0 Å². The van der Waals surface area contributed by atoms with E-state index in [1.165, 1.54) is 23.7 Å². The Morgan fingerprint density at radius 3 is 1.75 bits per heavy atom. The molecule has 1 rings (SSSR count). The highest BCUT2D eigenvalue weighted by atomic mass is 14.4. The average Bonchev–Trinajstić information content (AvgIpc) is 2.05. The van der Waals surface area contributed by atoms with Crippen molar-refractivity contribution in [1.82, 2.24) is 0 Å². The number of rotatable bonds is 0. The summed E-state index contributed by atoms with van der Waals surface area (Å²) in [7, 11) is 7.19. The zero-order valence-corrected chi connectivity index (χ0v) is 8.31. The Bertz CT molecular complexity index is 206. The highest BCUT2D eigenvalue weighted by Crippen LogP contribution is 2.05. The number of hydrogen-bond donors (Lipinski definition) is 1. The Morgan fingerprint density at radius 2 is 1.33 bits per heavy atom. The van der Waals surface area contributed by atoms with E-state index in [1.54, 1.807) is 0 Å². The highest BCUT2D eigenvalue weighted by Gasteiger charge is 1.94. The zero-order chi connectivity index (χ0) is 9.72. The molecular weight excluding hydrogens is 145 g/mol. The monoisotopic (exact) mass is 161 g/mol. The zero-order valence-electron chi connectivity index (χ0n) is 8.31. The minimum atomic E-state index is 0.892. The summed E-state index contributed by atoms with van der Waals surface area (Å²) in [6, 6.07) is 4.13. The Morgan fingerprint density at radius 1 is 0.917 bits per heavy atom. The lowest BCUT2D eigenvalue weighted by Gasteiger charge is -2.04. The summed E-state index contributed by atoms with van der Waals surface area (Å²) in [5.74, 6) is 0. The Kier molecular flexibility index (Phi) is 4.68. The Labute approximate surface area is 76.4 Å². The molecule has 0 amide bonds. The van der Waals surface area contributed by atoms with Gasteiger partial charge in [-0.1, -0.05) is 23.2 Å². The molecule has 1 nitrogen and oxygen atoms in total. The minimum Gasteiger partial charge on any atom is -0.333 e. The predicted octanol–water partition coefficient (Wildman–Crippen LogP) is 0.981. The Hall–Kier alpha value is -0.755. The number of benzene rings is 1. The second-order valence-electron chi connectivity index (χ2n) is 2.79. The molecule has 0 heterocycles. The van der Waals surface area contributed by atoms with Gasteiger partial charge in [-0.3, -0.25) is 0 Å². The van der Waals surface area contributed by atoms with E-state index in [1.807, 2.05) is 13.0 Å². The van der Waals surface area contributed by atoms with E-state index in [0.717, 1.165) is 5.46 Å². The van der Waals surface area contributed by atoms with E-state index >= 15 is 0 Å². The first-order valence-electron chi connectivity index (χ1n) is 4.02. The number of nitrogens with two attached hydrogens (primary N) is 1. The molecule has 0 saturated heterocycles. The van der Waals surface area contributed by atoms with E-state index in [2.05, 4.69) is 25.6 Å². The second kappa shape index (κ2) is 4.99. The average molecular weight is 161 g/mol. The molecule has 0 bridgehead atoms. The molecular formula is C10H16BN. The van der Waals surface area contributed by atoms with Crippen LogP contribution in [0.15, 0.2) is 12.1 Å². The van der Waals surface area contributed by atoms with Crippen LogP contribution in [0.25, 0.3) is 0 Å². The van der Waals surface area contributed by atoms with Gasteiger partial charge in [0.1, 0.15) is 7.85 Å². The predicted molar refractivity (Wildman–Crippen MR) is 56.2 cm³/mol. The molecule has 0 fully saturated rings. The van der Waals surface area contributed by atoms with Crippen LogP contribution in [-0.4, -0.2) is 14.9 Å². The van der Waals surface area contributed by atoms with Crippen molar-refractivity contribution in [3.05, 3.63) is 28.8 Å². The summed E-state index contributed by atoms with van der Waals surface area (Å²) in [5.41, 5.74) is 9.14. The quantitative estimate of drug-likeness (QED) is 0.564. The molecule has 0 aliphatic rings. The normalized spacial score (nSPS) is 8.75. The van der Waals surface area contributed by atoms with Gasteiger partial charge in [0, 0.05) is 0 Å². The van der Waals surface area contributed by atoms with Gasteiger partial charge in [-0.25, -0.2) is 0 Å². The van der Waals surface area contributed by atoms with Gasteiger partial charge in [0.15, 0.2) is 0 Å². The first kappa shape index (κ1) is 11.2. The Balaban J connectivity index is 0.000000561. The minimum absolute atomic E-state index is 0.892. The fraction of sp³-hybridized carbons (Fsp3) is 0.400. The molecule has 2 radical (unpaired) electrons. The van der Waals surface area contributed by atoms with E-state index < -0.39 is 0 Å². The maximum Gasteiger partial charge on any atom is 0.114 e. The summed E-state index contributed by atoms with van der Waals surface area (Å²) >= 11 is 0.